The number of likely N-dealkylation sites (N-methyl/N-ethyl adjacent to an activating group) is 1. The van der Waals surface area contributed by atoms with Crippen molar-refractivity contribution < 1.29 is 34.1 Å². The van der Waals surface area contributed by atoms with E-state index in [9.17, 15) is 19.5 Å². The summed E-state index contributed by atoms with van der Waals surface area (Å²) in [5.41, 5.74) is 0. The second-order valence-corrected chi connectivity index (χ2v) is 5.39. The molecule has 130 valence electrons. The van der Waals surface area contributed by atoms with E-state index in [1.54, 1.807) is 14.1 Å². The number of aliphatic carboxylic acids is 1. The van der Waals surface area contributed by atoms with Crippen LogP contribution in [0.25, 0.3) is 0 Å². The van der Waals surface area contributed by atoms with Gasteiger partial charge in [-0.2, -0.15) is 0 Å². The molecule has 1 aliphatic rings. The van der Waals surface area contributed by atoms with Crippen LogP contribution in [0.1, 0.15) is 19.3 Å². The molecule has 0 aliphatic carbocycles. The zero-order valence-corrected chi connectivity index (χ0v) is 13.2. The first-order chi connectivity index (χ1) is 10.7. The highest BCUT2D eigenvalue weighted by Gasteiger charge is 2.37. The molecule has 0 radical (unpaired) electrons. The average Bonchev–Trinajstić information content (AvgIpc) is 2.87. The van der Waals surface area contributed by atoms with Crippen molar-refractivity contribution in [1.82, 2.24) is 10.2 Å². The van der Waals surface area contributed by atoms with Gasteiger partial charge in [-0.25, -0.2) is 9.59 Å². The maximum Gasteiger partial charge on any atom is 0.410 e. The first-order valence-electron chi connectivity index (χ1n) is 7.14. The first-order valence-corrected chi connectivity index (χ1v) is 7.14. The summed E-state index contributed by atoms with van der Waals surface area (Å²) in [6.07, 6.45) is 2.33. The number of hydrogen-bond acceptors (Lipinski definition) is 6. The molecular weight excluding hydrogens is 308 g/mol. The van der Waals surface area contributed by atoms with Gasteiger partial charge in [0.1, 0.15) is 12.6 Å². The summed E-state index contributed by atoms with van der Waals surface area (Å²) in [6.45, 7) is 0.115. The summed E-state index contributed by atoms with van der Waals surface area (Å²) in [6, 6.07) is -1.19. The van der Waals surface area contributed by atoms with E-state index in [2.05, 4.69) is 5.32 Å². The monoisotopic (exact) mass is 330 g/mol. The SMILES string of the molecule is CN(C)C(=O)/C=C/CC[C@H](NC(=O)OC1(O)CCOC1)C(=O)O. The normalized spacial score (nSPS) is 21.9. The molecule has 9 heteroatoms. The molecule has 9 nitrogen and oxygen atoms in total. The number of carbonyl (C=O) groups is 3. The fraction of sp³-hybridized carbons (Fsp3) is 0.643. The third-order valence-corrected chi connectivity index (χ3v) is 3.16. The molecule has 0 aromatic rings. The summed E-state index contributed by atoms with van der Waals surface area (Å²) >= 11 is 0. The number of allylic oxidation sites excluding steroid dienone is 1. The number of nitrogens with zero attached hydrogens (tertiary/aromatic N) is 1. The fourth-order valence-electron chi connectivity index (χ4n) is 1.81. The Morgan fingerprint density at radius 3 is 2.65 bits per heavy atom. The predicted octanol–water partition coefficient (Wildman–Crippen LogP) is -0.301. The highest BCUT2D eigenvalue weighted by Crippen LogP contribution is 2.19. The Hall–Kier alpha value is -2.13. The lowest BCUT2D eigenvalue weighted by molar-refractivity contribution is -0.160. The average molecular weight is 330 g/mol. The van der Waals surface area contributed by atoms with Crippen LogP contribution < -0.4 is 5.32 Å². The van der Waals surface area contributed by atoms with Gasteiger partial charge in [0, 0.05) is 20.5 Å². The lowest BCUT2D eigenvalue weighted by atomic mass is 10.1. The highest BCUT2D eigenvalue weighted by atomic mass is 16.7. The van der Waals surface area contributed by atoms with Crippen molar-refractivity contribution in [2.75, 3.05) is 27.3 Å². The zero-order valence-electron chi connectivity index (χ0n) is 13.2. The van der Waals surface area contributed by atoms with Crippen LogP contribution in [-0.4, -0.2) is 72.2 Å². The summed E-state index contributed by atoms with van der Waals surface area (Å²) in [5, 5.41) is 21.1. The van der Waals surface area contributed by atoms with E-state index in [-0.39, 0.29) is 38.4 Å². The second-order valence-electron chi connectivity index (χ2n) is 5.39. The van der Waals surface area contributed by atoms with E-state index in [1.165, 1.54) is 17.1 Å². The number of hydrogen-bond donors (Lipinski definition) is 3. The minimum atomic E-state index is -1.72. The molecule has 0 saturated carbocycles. The largest absolute Gasteiger partial charge is 0.480 e. The van der Waals surface area contributed by atoms with Crippen molar-refractivity contribution in [2.45, 2.75) is 31.1 Å². The van der Waals surface area contributed by atoms with Crippen LogP contribution in [0.4, 0.5) is 4.79 Å². The van der Waals surface area contributed by atoms with Crippen molar-refractivity contribution in [3.05, 3.63) is 12.2 Å². The highest BCUT2D eigenvalue weighted by molar-refractivity contribution is 5.87. The molecule has 1 rings (SSSR count). The number of rotatable bonds is 7. The van der Waals surface area contributed by atoms with E-state index in [1.807, 2.05) is 0 Å². The number of alkyl carbamates (subject to hydrolysis) is 1. The topological polar surface area (TPSA) is 125 Å². The molecule has 0 aromatic carbocycles. The molecular formula is C14H22N2O7. The van der Waals surface area contributed by atoms with Crippen LogP contribution in [0.2, 0.25) is 0 Å². The number of ether oxygens (including phenoxy) is 2. The van der Waals surface area contributed by atoms with Gasteiger partial charge in [0.2, 0.25) is 11.7 Å². The molecule has 23 heavy (non-hydrogen) atoms. The van der Waals surface area contributed by atoms with Gasteiger partial charge in [-0.05, 0) is 18.9 Å². The summed E-state index contributed by atoms with van der Waals surface area (Å²) < 4.78 is 9.71. The molecule has 0 spiro atoms. The van der Waals surface area contributed by atoms with Crippen LogP contribution >= 0.6 is 0 Å². The van der Waals surface area contributed by atoms with Crippen LogP contribution in [0.3, 0.4) is 0 Å². The Labute approximate surface area is 133 Å². The third-order valence-electron chi connectivity index (χ3n) is 3.16. The number of carboxylic acids is 1. The molecule has 1 aliphatic heterocycles. The molecule has 2 atom stereocenters. The van der Waals surface area contributed by atoms with Gasteiger partial charge in [0.25, 0.3) is 0 Å². The third kappa shape index (κ3) is 6.66. The Bertz CT molecular complexity index is 470. The van der Waals surface area contributed by atoms with Crippen molar-refractivity contribution in [3.63, 3.8) is 0 Å². The fourth-order valence-corrected chi connectivity index (χ4v) is 1.81. The van der Waals surface area contributed by atoms with Gasteiger partial charge in [0.05, 0.1) is 6.61 Å². The minimum Gasteiger partial charge on any atom is -0.480 e. The lowest BCUT2D eigenvalue weighted by Crippen LogP contribution is -2.45. The molecule has 0 aromatic heterocycles. The molecule has 1 heterocycles. The number of amides is 2. The van der Waals surface area contributed by atoms with Crippen molar-refractivity contribution >= 4 is 18.0 Å². The van der Waals surface area contributed by atoms with E-state index >= 15 is 0 Å². The van der Waals surface area contributed by atoms with Gasteiger partial charge in [-0.15, -0.1) is 0 Å². The zero-order chi connectivity index (χ0) is 17.5. The summed E-state index contributed by atoms with van der Waals surface area (Å²) in [5.74, 6) is -3.16. The van der Waals surface area contributed by atoms with Gasteiger partial charge in [-0.3, -0.25) is 4.79 Å². The number of carboxylic acid groups (broad SMARTS) is 1. The molecule has 1 saturated heterocycles. The minimum absolute atomic E-state index is 0.0799. The van der Waals surface area contributed by atoms with Crippen molar-refractivity contribution in [3.8, 4) is 0 Å². The van der Waals surface area contributed by atoms with Crippen molar-refractivity contribution in [2.24, 2.45) is 0 Å². The van der Waals surface area contributed by atoms with Crippen molar-refractivity contribution in [1.29, 1.82) is 0 Å². The van der Waals surface area contributed by atoms with Gasteiger partial charge in [-0.1, -0.05) is 6.08 Å². The Kier molecular flexibility index (Phi) is 6.98. The lowest BCUT2D eigenvalue weighted by Gasteiger charge is -2.22. The van der Waals surface area contributed by atoms with Crippen LogP contribution in [0, 0.1) is 0 Å². The molecule has 1 fully saturated rings. The van der Waals surface area contributed by atoms with E-state index in [0.717, 1.165) is 0 Å². The Balaban J connectivity index is 2.44. The molecule has 2 amide bonds. The quantitative estimate of drug-likeness (QED) is 0.432. The maximum atomic E-state index is 11.7. The Morgan fingerprint density at radius 2 is 2.13 bits per heavy atom. The number of aliphatic hydroxyl groups is 1. The maximum absolute atomic E-state index is 11.7. The smallest absolute Gasteiger partial charge is 0.410 e. The van der Waals surface area contributed by atoms with Gasteiger partial charge in [0.15, 0.2) is 0 Å². The van der Waals surface area contributed by atoms with E-state index < -0.39 is 23.9 Å². The van der Waals surface area contributed by atoms with E-state index in [0.29, 0.717) is 0 Å². The second kappa shape index (κ2) is 8.49. The molecule has 1 unspecified atom stereocenters. The summed E-state index contributed by atoms with van der Waals surface area (Å²) in [4.78, 5) is 35.5. The van der Waals surface area contributed by atoms with Crippen LogP contribution in [0.5, 0.6) is 0 Å². The molecule has 0 bridgehead atoms. The number of carbonyl (C=O) groups excluding carboxylic acids is 2. The van der Waals surface area contributed by atoms with Crippen LogP contribution in [-0.2, 0) is 19.1 Å². The van der Waals surface area contributed by atoms with Gasteiger partial charge >= 0.3 is 12.1 Å². The van der Waals surface area contributed by atoms with Gasteiger partial charge < -0.3 is 29.9 Å². The molecule has 3 N–H and O–H groups in total. The first kappa shape index (κ1) is 18.9. The predicted molar refractivity (Wildman–Crippen MR) is 78.5 cm³/mol. The standard InChI is InChI=1S/C14H22N2O7/c1-16(2)11(17)6-4-3-5-10(12(18)19)15-13(20)23-14(21)7-8-22-9-14/h4,6,10,21H,3,5,7-9H2,1-2H3,(H,15,20)(H,18,19)/b6-4+/t10-,14?/m0/s1. The van der Waals surface area contributed by atoms with Crippen LogP contribution in [0.15, 0.2) is 12.2 Å². The van der Waals surface area contributed by atoms with E-state index in [4.69, 9.17) is 14.6 Å². The summed E-state index contributed by atoms with van der Waals surface area (Å²) in [7, 11) is 3.20. The Morgan fingerprint density at radius 1 is 1.43 bits per heavy atom. The number of nitrogens with one attached hydrogen (secondary N) is 1.